The number of methoxy groups -OCH3 is 1. The van der Waals surface area contributed by atoms with Crippen LogP contribution in [0, 0.1) is 11.8 Å². The van der Waals surface area contributed by atoms with Crippen molar-refractivity contribution in [2.24, 2.45) is 11.8 Å². The van der Waals surface area contributed by atoms with Crippen molar-refractivity contribution < 1.29 is 9.53 Å². The van der Waals surface area contributed by atoms with Crippen LogP contribution in [0.3, 0.4) is 0 Å². The first-order valence-corrected chi connectivity index (χ1v) is 11.4. The van der Waals surface area contributed by atoms with Gasteiger partial charge in [0.2, 0.25) is 5.91 Å². The van der Waals surface area contributed by atoms with Gasteiger partial charge in [0.25, 0.3) is 0 Å². The highest BCUT2D eigenvalue weighted by Gasteiger charge is 2.28. The molecule has 28 heavy (non-hydrogen) atoms. The molecule has 1 aliphatic carbocycles. The first-order chi connectivity index (χ1) is 13.7. The molecule has 2 fully saturated rings. The molecular formula is C24H38N2O2. The molecule has 1 saturated carbocycles. The average Bonchev–Trinajstić information content (AvgIpc) is 3.27. The van der Waals surface area contributed by atoms with Gasteiger partial charge in [-0.05, 0) is 75.2 Å². The number of carbonyl (C=O) groups is 1. The molecule has 1 N–H and O–H groups in total. The molecule has 1 amide bonds. The van der Waals surface area contributed by atoms with Crippen LogP contribution in [0.4, 0.5) is 0 Å². The fourth-order valence-electron chi connectivity index (χ4n) is 4.88. The number of benzene rings is 1. The number of rotatable bonds is 9. The van der Waals surface area contributed by atoms with Crippen LogP contribution in [0.2, 0.25) is 0 Å². The molecule has 4 nitrogen and oxygen atoms in total. The Kier molecular flexibility index (Phi) is 8.20. The number of carbonyl (C=O) groups excluding carboxylic acids is 1. The van der Waals surface area contributed by atoms with Crippen LogP contribution in [0.1, 0.15) is 76.3 Å². The van der Waals surface area contributed by atoms with Crippen LogP contribution >= 0.6 is 0 Å². The molecule has 2 aliphatic rings. The molecule has 0 spiro atoms. The van der Waals surface area contributed by atoms with Gasteiger partial charge in [-0.1, -0.05) is 38.3 Å². The zero-order valence-electron chi connectivity index (χ0n) is 17.8. The maximum atomic E-state index is 12.8. The van der Waals surface area contributed by atoms with Crippen molar-refractivity contribution in [3.05, 3.63) is 29.8 Å². The summed E-state index contributed by atoms with van der Waals surface area (Å²) in [6.45, 7) is 5.21. The molecule has 1 aromatic rings. The zero-order chi connectivity index (χ0) is 19.8. The summed E-state index contributed by atoms with van der Waals surface area (Å²) in [5.41, 5.74) is 1.27. The fraction of sp³-hybridized carbons (Fsp3) is 0.708. The van der Waals surface area contributed by atoms with Gasteiger partial charge in [-0.3, -0.25) is 9.69 Å². The molecule has 1 aromatic carbocycles. The highest BCUT2D eigenvalue weighted by Crippen LogP contribution is 2.32. The minimum absolute atomic E-state index is 0.216. The number of hydrogen-bond donors (Lipinski definition) is 1. The molecule has 0 radical (unpaired) electrons. The van der Waals surface area contributed by atoms with E-state index in [2.05, 4.69) is 29.3 Å². The van der Waals surface area contributed by atoms with Gasteiger partial charge in [0.05, 0.1) is 13.2 Å². The minimum atomic E-state index is 0.216. The molecule has 4 heteroatoms. The lowest BCUT2D eigenvalue weighted by atomic mass is 9.79. The summed E-state index contributed by atoms with van der Waals surface area (Å²) in [7, 11) is 1.70. The fourth-order valence-corrected chi connectivity index (χ4v) is 4.88. The lowest BCUT2D eigenvalue weighted by Gasteiger charge is -2.31. The first kappa shape index (κ1) is 21.2. The van der Waals surface area contributed by atoms with Gasteiger partial charge in [-0.15, -0.1) is 0 Å². The number of likely N-dealkylation sites (tertiary alicyclic amines) is 1. The van der Waals surface area contributed by atoms with E-state index in [0.29, 0.717) is 6.54 Å². The van der Waals surface area contributed by atoms with Crippen molar-refractivity contribution >= 4 is 5.91 Å². The van der Waals surface area contributed by atoms with E-state index >= 15 is 0 Å². The summed E-state index contributed by atoms with van der Waals surface area (Å²) < 4.78 is 5.30. The molecule has 1 heterocycles. The molecule has 3 rings (SSSR count). The van der Waals surface area contributed by atoms with Crippen molar-refractivity contribution in [2.45, 2.75) is 70.8 Å². The van der Waals surface area contributed by atoms with E-state index < -0.39 is 0 Å². The summed E-state index contributed by atoms with van der Waals surface area (Å²) in [6, 6.07) is 8.60. The second-order valence-corrected chi connectivity index (χ2v) is 8.64. The number of unbranched alkanes of at least 4 members (excludes halogenated alkanes) is 1. The number of hydrogen-bond acceptors (Lipinski definition) is 3. The van der Waals surface area contributed by atoms with Gasteiger partial charge in [0.15, 0.2) is 0 Å². The van der Waals surface area contributed by atoms with Gasteiger partial charge in [-0.25, -0.2) is 0 Å². The quantitative estimate of drug-likeness (QED) is 0.653. The average molecular weight is 387 g/mol. The highest BCUT2D eigenvalue weighted by atomic mass is 16.5. The number of nitrogens with one attached hydrogen (secondary N) is 1. The molecular weight excluding hydrogens is 348 g/mol. The SMILES string of the molecule is CCCCC1CCC(C(=O)NC[C@H](c2ccc(OC)cc2)N2CCCC2)CC1. The predicted octanol–water partition coefficient (Wildman–Crippen LogP) is 4.94. The number of amides is 1. The molecule has 1 aliphatic heterocycles. The van der Waals surface area contributed by atoms with Gasteiger partial charge < -0.3 is 10.1 Å². The monoisotopic (exact) mass is 386 g/mol. The molecule has 1 atom stereocenters. The van der Waals surface area contributed by atoms with Crippen molar-refractivity contribution in [3.8, 4) is 5.75 Å². The third-order valence-corrected chi connectivity index (χ3v) is 6.74. The van der Waals surface area contributed by atoms with Crippen molar-refractivity contribution in [2.75, 3.05) is 26.7 Å². The summed E-state index contributed by atoms with van der Waals surface area (Å²) >= 11 is 0. The van der Waals surface area contributed by atoms with E-state index in [1.54, 1.807) is 7.11 Å². The number of nitrogens with zero attached hydrogens (tertiary/aromatic N) is 1. The Balaban J connectivity index is 1.53. The van der Waals surface area contributed by atoms with E-state index in [-0.39, 0.29) is 17.9 Å². The van der Waals surface area contributed by atoms with E-state index in [1.165, 1.54) is 50.5 Å². The predicted molar refractivity (Wildman–Crippen MR) is 115 cm³/mol. The normalized spacial score (nSPS) is 24.1. The Bertz CT molecular complexity index is 587. The van der Waals surface area contributed by atoms with Gasteiger partial charge in [-0.2, -0.15) is 0 Å². The molecule has 0 bridgehead atoms. The van der Waals surface area contributed by atoms with Gasteiger partial charge >= 0.3 is 0 Å². The summed E-state index contributed by atoms with van der Waals surface area (Å²) in [5, 5.41) is 3.30. The smallest absolute Gasteiger partial charge is 0.223 e. The van der Waals surface area contributed by atoms with Crippen LogP contribution in [-0.2, 0) is 4.79 Å². The second-order valence-electron chi connectivity index (χ2n) is 8.64. The first-order valence-electron chi connectivity index (χ1n) is 11.4. The Morgan fingerprint density at radius 1 is 1.14 bits per heavy atom. The standard InChI is InChI=1S/C24H38N2O2/c1-3-4-7-19-8-10-21(11-9-19)24(27)25-18-23(26-16-5-6-17-26)20-12-14-22(28-2)15-13-20/h12-15,19,21,23H,3-11,16-18H2,1-2H3,(H,25,27)/t19?,21?,23-/m1/s1. The van der Waals surface area contributed by atoms with Crippen LogP contribution in [0.25, 0.3) is 0 Å². The minimum Gasteiger partial charge on any atom is -0.497 e. The Morgan fingerprint density at radius 2 is 1.82 bits per heavy atom. The Hall–Kier alpha value is -1.55. The van der Waals surface area contributed by atoms with Crippen LogP contribution < -0.4 is 10.1 Å². The molecule has 0 aromatic heterocycles. The summed E-state index contributed by atoms with van der Waals surface area (Å²) in [5.74, 6) is 2.22. The Morgan fingerprint density at radius 3 is 2.43 bits per heavy atom. The van der Waals surface area contributed by atoms with Crippen LogP contribution in [0.15, 0.2) is 24.3 Å². The Labute approximate surface area is 171 Å². The third-order valence-electron chi connectivity index (χ3n) is 6.74. The van der Waals surface area contributed by atoms with E-state index in [1.807, 2.05) is 12.1 Å². The third kappa shape index (κ3) is 5.73. The number of ether oxygens (including phenoxy) is 1. The maximum absolute atomic E-state index is 12.8. The molecule has 0 unspecified atom stereocenters. The highest BCUT2D eigenvalue weighted by molar-refractivity contribution is 5.78. The van der Waals surface area contributed by atoms with Crippen molar-refractivity contribution in [1.82, 2.24) is 10.2 Å². The zero-order valence-corrected chi connectivity index (χ0v) is 17.8. The maximum Gasteiger partial charge on any atom is 0.223 e. The van der Waals surface area contributed by atoms with E-state index in [9.17, 15) is 4.79 Å². The van der Waals surface area contributed by atoms with E-state index in [0.717, 1.165) is 37.6 Å². The van der Waals surface area contributed by atoms with Gasteiger partial charge in [0.1, 0.15) is 5.75 Å². The van der Waals surface area contributed by atoms with Crippen molar-refractivity contribution in [3.63, 3.8) is 0 Å². The second kappa shape index (κ2) is 10.8. The van der Waals surface area contributed by atoms with Crippen LogP contribution in [-0.4, -0.2) is 37.6 Å². The van der Waals surface area contributed by atoms with Gasteiger partial charge in [0, 0.05) is 12.5 Å². The lowest BCUT2D eigenvalue weighted by Crippen LogP contribution is -2.40. The van der Waals surface area contributed by atoms with E-state index in [4.69, 9.17) is 4.74 Å². The summed E-state index contributed by atoms with van der Waals surface area (Å²) in [6.07, 6.45) is 11.1. The molecule has 1 saturated heterocycles. The molecule has 156 valence electrons. The summed E-state index contributed by atoms with van der Waals surface area (Å²) in [4.78, 5) is 15.3. The largest absolute Gasteiger partial charge is 0.497 e. The van der Waals surface area contributed by atoms with Crippen molar-refractivity contribution in [1.29, 1.82) is 0 Å². The topological polar surface area (TPSA) is 41.6 Å². The lowest BCUT2D eigenvalue weighted by molar-refractivity contribution is -0.126. The van der Waals surface area contributed by atoms with Crippen LogP contribution in [0.5, 0.6) is 5.75 Å².